The van der Waals surface area contributed by atoms with E-state index in [1.54, 1.807) is 11.8 Å². The van der Waals surface area contributed by atoms with Crippen LogP contribution < -0.4 is 5.32 Å². The number of carbonyl (C=O) groups is 1. The van der Waals surface area contributed by atoms with E-state index in [9.17, 15) is 4.79 Å². The van der Waals surface area contributed by atoms with Crippen molar-refractivity contribution in [2.45, 2.75) is 36.7 Å². The highest BCUT2D eigenvalue weighted by Crippen LogP contribution is 2.23. The molecule has 1 unspecified atom stereocenters. The fraction of sp³-hybridized carbons (Fsp3) is 0.462. The van der Waals surface area contributed by atoms with Crippen LogP contribution >= 0.6 is 11.8 Å². The van der Waals surface area contributed by atoms with Crippen LogP contribution in [0.25, 0.3) is 0 Å². The monoisotopic (exact) mass is 251 g/mol. The fourth-order valence-electron chi connectivity index (χ4n) is 1.61. The fourth-order valence-corrected chi connectivity index (χ4v) is 2.65. The second-order valence-corrected chi connectivity index (χ2v) is 5.55. The molecule has 1 fully saturated rings. The van der Waals surface area contributed by atoms with Crippen molar-refractivity contribution >= 4 is 17.7 Å². The summed E-state index contributed by atoms with van der Waals surface area (Å²) in [5.74, 6) is -0.174. The van der Waals surface area contributed by atoms with Gasteiger partial charge >= 0.3 is 5.97 Å². The van der Waals surface area contributed by atoms with Gasteiger partial charge in [-0.2, -0.15) is 0 Å². The van der Waals surface area contributed by atoms with Gasteiger partial charge in [0.25, 0.3) is 0 Å². The van der Waals surface area contributed by atoms with E-state index < -0.39 is 12.0 Å². The topological polar surface area (TPSA) is 49.3 Å². The van der Waals surface area contributed by atoms with Gasteiger partial charge < -0.3 is 10.4 Å². The lowest BCUT2D eigenvalue weighted by molar-refractivity contribution is -0.138. The van der Waals surface area contributed by atoms with E-state index in [1.807, 2.05) is 25.1 Å². The number of nitrogens with one attached hydrogen (secondary N) is 1. The van der Waals surface area contributed by atoms with Crippen LogP contribution in [0.2, 0.25) is 0 Å². The molecule has 1 saturated carbocycles. The summed E-state index contributed by atoms with van der Waals surface area (Å²) in [5, 5.41) is 12.3. The van der Waals surface area contributed by atoms with Crippen LogP contribution in [0.4, 0.5) is 0 Å². The van der Waals surface area contributed by atoms with Crippen molar-refractivity contribution in [1.82, 2.24) is 5.32 Å². The number of carboxylic acid groups (broad SMARTS) is 1. The molecule has 0 bridgehead atoms. The van der Waals surface area contributed by atoms with Gasteiger partial charge in [0.05, 0.1) is 0 Å². The Bertz CT molecular complexity index is 404. The van der Waals surface area contributed by atoms with E-state index in [1.165, 1.54) is 5.56 Å². The van der Waals surface area contributed by atoms with Crippen LogP contribution in [0, 0.1) is 6.92 Å². The first-order chi connectivity index (χ1) is 8.15. The molecule has 2 N–H and O–H groups in total. The molecule has 92 valence electrons. The normalized spacial score (nSPS) is 16.8. The maximum Gasteiger partial charge on any atom is 0.321 e. The summed E-state index contributed by atoms with van der Waals surface area (Å²) in [4.78, 5) is 12.2. The number of benzene rings is 1. The van der Waals surface area contributed by atoms with E-state index in [2.05, 4.69) is 11.4 Å². The predicted octanol–water partition coefficient (Wildman–Crippen LogP) is 2.29. The highest BCUT2D eigenvalue weighted by atomic mass is 32.2. The van der Waals surface area contributed by atoms with Crippen LogP contribution in [0.3, 0.4) is 0 Å². The average Bonchev–Trinajstić information content (AvgIpc) is 3.07. The number of hydrogen-bond acceptors (Lipinski definition) is 3. The van der Waals surface area contributed by atoms with Gasteiger partial charge in [0.15, 0.2) is 0 Å². The van der Waals surface area contributed by atoms with Crippen molar-refractivity contribution in [3.8, 4) is 0 Å². The molecule has 1 aromatic carbocycles. The van der Waals surface area contributed by atoms with Gasteiger partial charge in [0.2, 0.25) is 0 Å². The average molecular weight is 251 g/mol. The Morgan fingerprint density at radius 2 is 2.35 bits per heavy atom. The summed E-state index contributed by atoms with van der Waals surface area (Å²) in [6.45, 7) is 2.04. The molecule has 0 spiro atoms. The number of carboxylic acids is 1. The van der Waals surface area contributed by atoms with Gasteiger partial charge in [-0.3, -0.25) is 4.79 Å². The molecule has 0 amide bonds. The Morgan fingerprint density at radius 3 is 2.94 bits per heavy atom. The molecular weight excluding hydrogens is 234 g/mol. The summed E-state index contributed by atoms with van der Waals surface area (Å²) in [6.07, 6.45) is 2.22. The van der Waals surface area contributed by atoms with Crippen LogP contribution in [-0.2, 0) is 4.79 Å². The quantitative estimate of drug-likeness (QED) is 0.762. The Balaban J connectivity index is 1.87. The van der Waals surface area contributed by atoms with E-state index in [4.69, 9.17) is 5.11 Å². The summed E-state index contributed by atoms with van der Waals surface area (Å²) in [6, 6.07) is 8.14. The van der Waals surface area contributed by atoms with Crippen molar-refractivity contribution in [1.29, 1.82) is 0 Å². The molecule has 1 aliphatic rings. The third-order valence-electron chi connectivity index (χ3n) is 2.72. The minimum absolute atomic E-state index is 0.425. The van der Waals surface area contributed by atoms with Crippen molar-refractivity contribution < 1.29 is 9.90 Å². The molecule has 1 aromatic rings. The SMILES string of the molecule is Cc1cccc(SCC(NC2CC2)C(=O)O)c1. The van der Waals surface area contributed by atoms with Gasteiger partial charge in [-0.05, 0) is 31.9 Å². The molecular formula is C13H17NO2S. The summed E-state index contributed by atoms with van der Waals surface area (Å²) in [5.41, 5.74) is 1.21. The minimum Gasteiger partial charge on any atom is -0.480 e. The van der Waals surface area contributed by atoms with E-state index >= 15 is 0 Å². The zero-order valence-electron chi connectivity index (χ0n) is 9.85. The predicted molar refractivity (Wildman–Crippen MR) is 69.5 cm³/mol. The van der Waals surface area contributed by atoms with Crippen LogP contribution in [-0.4, -0.2) is 28.9 Å². The van der Waals surface area contributed by atoms with E-state index in [0.29, 0.717) is 11.8 Å². The molecule has 0 aromatic heterocycles. The smallest absolute Gasteiger partial charge is 0.321 e. The first-order valence-corrected chi connectivity index (χ1v) is 6.82. The molecule has 2 rings (SSSR count). The summed E-state index contributed by atoms with van der Waals surface area (Å²) in [7, 11) is 0. The van der Waals surface area contributed by atoms with Gasteiger partial charge in [0, 0.05) is 16.7 Å². The summed E-state index contributed by atoms with van der Waals surface area (Å²) < 4.78 is 0. The van der Waals surface area contributed by atoms with Crippen molar-refractivity contribution in [2.75, 3.05) is 5.75 Å². The zero-order valence-corrected chi connectivity index (χ0v) is 10.7. The number of rotatable bonds is 6. The van der Waals surface area contributed by atoms with Gasteiger partial charge in [-0.15, -0.1) is 11.8 Å². The number of thioether (sulfide) groups is 1. The molecule has 3 nitrogen and oxygen atoms in total. The van der Waals surface area contributed by atoms with Crippen LogP contribution in [0.5, 0.6) is 0 Å². The Hall–Kier alpha value is -1.00. The lowest BCUT2D eigenvalue weighted by Crippen LogP contribution is -2.40. The standard InChI is InChI=1S/C13H17NO2S/c1-9-3-2-4-11(7-9)17-8-12(13(15)16)14-10-5-6-10/h2-4,7,10,12,14H,5-6,8H2,1H3,(H,15,16). The molecule has 1 atom stereocenters. The van der Waals surface area contributed by atoms with Crippen molar-refractivity contribution in [3.63, 3.8) is 0 Å². The van der Waals surface area contributed by atoms with Crippen LogP contribution in [0.15, 0.2) is 29.2 Å². The van der Waals surface area contributed by atoms with E-state index in [0.717, 1.165) is 17.7 Å². The molecule has 0 radical (unpaired) electrons. The van der Waals surface area contributed by atoms with Gasteiger partial charge in [-0.1, -0.05) is 17.7 Å². The minimum atomic E-state index is -0.753. The number of aryl methyl sites for hydroxylation is 1. The molecule has 0 heterocycles. The number of aliphatic carboxylic acids is 1. The first-order valence-electron chi connectivity index (χ1n) is 5.83. The molecule has 0 saturated heterocycles. The maximum atomic E-state index is 11.1. The Morgan fingerprint density at radius 1 is 1.59 bits per heavy atom. The highest BCUT2D eigenvalue weighted by molar-refractivity contribution is 7.99. The highest BCUT2D eigenvalue weighted by Gasteiger charge is 2.28. The Labute approximate surface area is 106 Å². The van der Waals surface area contributed by atoms with Crippen LogP contribution in [0.1, 0.15) is 18.4 Å². The van der Waals surface area contributed by atoms with E-state index in [-0.39, 0.29) is 0 Å². The molecule has 0 aliphatic heterocycles. The first kappa shape index (κ1) is 12.5. The van der Waals surface area contributed by atoms with Crippen molar-refractivity contribution in [3.05, 3.63) is 29.8 Å². The second kappa shape index (κ2) is 5.56. The maximum absolute atomic E-state index is 11.1. The zero-order chi connectivity index (χ0) is 12.3. The van der Waals surface area contributed by atoms with Gasteiger partial charge in [-0.25, -0.2) is 0 Å². The van der Waals surface area contributed by atoms with Crippen molar-refractivity contribution in [2.24, 2.45) is 0 Å². The molecule has 4 heteroatoms. The lowest BCUT2D eigenvalue weighted by Gasteiger charge is -2.13. The second-order valence-electron chi connectivity index (χ2n) is 4.46. The molecule has 1 aliphatic carbocycles. The summed E-state index contributed by atoms with van der Waals surface area (Å²) >= 11 is 1.60. The Kier molecular flexibility index (Phi) is 4.07. The molecule has 17 heavy (non-hydrogen) atoms. The van der Waals surface area contributed by atoms with Gasteiger partial charge in [0.1, 0.15) is 6.04 Å². The lowest BCUT2D eigenvalue weighted by atomic mass is 10.2. The third-order valence-corrected chi connectivity index (χ3v) is 3.81. The third kappa shape index (κ3) is 4.06. The number of hydrogen-bond donors (Lipinski definition) is 2. The largest absolute Gasteiger partial charge is 0.480 e.